The number of nitro benzene ring substituents is 1. The van der Waals surface area contributed by atoms with Crippen LogP contribution in [0.15, 0.2) is 48.5 Å². The lowest BCUT2D eigenvalue weighted by Crippen LogP contribution is -2.22. The fourth-order valence-corrected chi connectivity index (χ4v) is 2.52. The second kappa shape index (κ2) is 6.83. The fourth-order valence-electron chi connectivity index (χ4n) is 2.52. The van der Waals surface area contributed by atoms with Gasteiger partial charge < -0.3 is 5.32 Å². The molecule has 0 spiro atoms. The second-order valence-electron chi connectivity index (χ2n) is 6.86. The Hall–Kier alpha value is -2.69. The molecule has 0 bridgehead atoms. The highest BCUT2D eigenvalue weighted by atomic mass is 16.6. The predicted molar refractivity (Wildman–Crippen MR) is 95.3 cm³/mol. The summed E-state index contributed by atoms with van der Waals surface area (Å²) in [6.45, 7) is 8.07. The van der Waals surface area contributed by atoms with Gasteiger partial charge in [-0.05, 0) is 29.5 Å². The van der Waals surface area contributed by atoms with Gasteiger partial charge in [-0.3, -0.25) is 14.9 Å². The fraction of sp³-hybridized carbons (Fsp3) is 0.316. The molecule has 126 valence electrons. The van der Waals surface area contributed by atoms with Gasteiger partial charge in [0.2, 0.25) is 5.91 Å². The van der Waals surface area contributed by atoms with E-state index in [2.05, 4.69) is 26.1 Å². The molecule has 0 saturated heterocycles. The number of para-hydroxylation sites is 1. The number of benzene rings is 2. The van der Waals surface area contributed by atoms with E-state index in [0.717, 1.165) is 16.8 Å². The van der Waals surface area contributed by atoms with Crippen LogP contribution in [-0.2, 0) is 10.2 Å². The summed E-state index contributed by atoms with van der Waals surface area (Å²) in [6.07, 6.45) is 0. The summed E-state index contributed by atoms with van der Waals surface area (Å²) >= 11 is 0. The minimum absolute atomic E-state index is 0.0180. The van der Waals surface area contributed by atoms with E-state index in [1.54, 1.807) is 19.1 Å². The van der Waals surface area contributed by atoms with Gasteiger partial charge in [0.25, 0.3) is 5.69 Å². The monoisotopic (exact) mass is 326 g/mol. The molecule has 0 radical (unpaired) electrons. The lowest BCUT2D eigenvalue weighted by molar-refractivity contribution is -0.384. The highest BCUT2D eigenvalue weighted by Crippen LogP contribution is 2.30. The zero-order valence-electron chi connectivity index (χ0n) is 14.4. The van der Waals surface area contributed by atoms with Gasteiger partial charge in [-0.1, -0.05) is 51.1 Å². The minimum atomic E-state index is -0.450. The average Bonchev–Trinajstić information content (AvgIpc) is 2.53. The van der Waals surface area contributed by atoms with E-state index in [4.69, 9.17) is 0 Å². The van der Waals surface area contributed by atoms with Crippen LogP contribution in [0.1, 0.15) is 44.7 Å². The lowest BCUT2D eigenvalue weighted by Gasteiger charge is -2.23. The first-order valence-corrected chi connectivity index (χ1v) is 7.85. The maximum atomic E-state index is 12.6. The van der Waals surface area contributed by atoms with Crippen molar-refractivity contribution < 1.29 is 9.72 Å². The van der Waals surface area contributed by atoms with Gasteiger partial charge in [0.1, 0.15) is 0 Å². The normalized spacial score (nSPS) is 12.5. The summed E-state index contributed by atoms with van der Waals surface area (Å²) in [7, 11) is 0. The molecule has 5 nitrogen and oxygen atoms in total. The Morgan fingerprint density at radius 2 is 1.67 bits per heavy atom. The Morgan fingerprint density at radius 1 is 1.08 bits per heavy atom. The number of non-ortho nitro benzene ring substituents is 1. The molecule has 2 rings (SSSR count). The van der Waals surface area contributed by atoms with E-state index in [9.17, 15) is 14.9 Å². The number of nitrogens with one attached hydrogen (secondary N) is 1. The number of carbonyl (C=O) groups excluding carboxylic acids is 1. The van der Waals surface area contributed by atoms with Crippen molar-refractivity contribution in [1.82, 2.24) is 0 Å². The number of hydrogen-bond donors (Lipinski definition) is 1. The smallest absolute Gasteiger partial charge is 0.269 e. The van der Waals surface area contributed by atoms with Gasteiger partial charge in [0.05, 0.1) is 10.8 Å². The van der Waals surface area contributed by atoms with E-state index < -0.39 is 10.8 Å². The molecule has 0 unspecified atom stereocenters. The number of anilines is 1. The molecule has 1 atom stereocenters. The maximum absolute atomic E-state index is 12.6. The third-order valence-corrected chi connectivity index (χ3v) is 3.99. The van der Waals surface area contributed by atoms with Crippen LogP contribution in [0.2, 0.25) is 0 Å². The molecular weight excluding hydrogens is 304 g/mol. The summed E-state index contributed by atoms with van der Waals surface area (Å²) in [5.41, 5.74) is 2.54. The maximum Gasteiger partial charge on any atom is 0.269 e. The summed E-state index contributed by atoms with van der Waals surface area (Å²) in [6, 6.07) is 13.8. The number of nitrogens with zero attached hydrogens (tertiary/aromatic N) is 1. The number of nitro groups is 1. The van der Waals surface area contributed by atoms with Crippen molar-refractivity contribution in [1.29, 1.82) is 0 Å². The molecule has 0 heterocycles. The van der Waals surface area contributed by atoms with Crippen LogP contribution in [-0.4, -0.2) is 10.8 Å². The SMILES string of the molecule is C[C@@H](C(=O)Nc1ccccc1C(C)(C)C)c1ccc([N+](=O)[O-])cc1. The first kappa shape index (κ1) is 17.7. The number of amides is 1. The van der Waals surface area contributed by atoms with Gasteiger partial charge in [0, 0.05) is 17.8 Å². The van der Waals surface area contributed by atoms with Gasteiger partial charge >= 0.3 is 0 Å². The zero-order chi connectivity index (χ0) is 17.9. The predicted octanol–water partition coefficient (Wildman–Crippen LogP) is 4.63. The van der Waals surface area contributed by atoms with Crippen molar-refractivity contribution in [3.8, 4) is 0 Å². The van der Waals surface area contributed by atoms with Crippen molar-refractivity contribution in [3.63, 3.8) is 0 Å². The zero-order valence-corrected chi connectivity index (χ0v) is 14.4. The van der Waals surface area contributed by atoms with Crippen LogP contribution >= 0.6 is 0 Å². The Balaban J connectivity index is 2.19. The number of rotatable bonds is 4. The van der Waals surface area contributed by atoms with Crippen LogP contribution < -0.4 is 5.32 Å². The quantitative estimate of drug-likeness (QED) is 0.657. The Kier molecular flexibility index (Phi) is 5.02. The van der Waals surface area contributed by atoms with E-state index in [1.807, 2.05) is 24.3 Å². The van der Waals surface area contributed by atoms with Crippen LogP contribution in [0.25, 0.3) is 0 Å². The molecule has 0 aromatic heterocycles. The van der Waals surface area contributed by atoms with E-state index >= 15 is 0 Å². The van der Waals surface area contributed by atoms with E-state index in [-0.39, 0.29) is 17.0 Å². The standard InChI is InChI=1S/C19H22N2O3/c1-13(14-9-11-15(12-10-14)21(23)24)18(22)20-17-8-6-5-7-16(17)19(2,3)4/h5-13H,1-4H3,(H,20,22)/t13-/m1/s1. The summed E-state index contributed by atoms with van der Waals surface area (Å²) in [5, 5.41) is 13.7. The average molecular weight is 326 g/mol. The Bertz CT molecular complexity index is 746. The molecule has 0 aliphatic heterocycles. The molecule has 5 heteroatoms. The van der Waals surface area contributed by atoms with Crippen LogP contribution in [0.3, 0.4) is 0 Å². The number of hydrogen-bond acceptors (Lipinski definition) is 3. The number of carbonyl (C=O) groups is 1. The highest BCUT2D eigenvalue weighted by molar-refractivity contribution is 5.96. The lowest BCUT2D eigenvalue weighted by atomic mass is 9.85. The largest absolute Gasteiger partial charge is 0.325 e. The third kappa shape index (κ3) is 3.98. The summed E-state index contributed by atoms with van der Waals surface area (Å²) in [4.78, 5) is 22.8. The Labute approximate surface area is 141 Å². The van der Waals surface area contributed by atoms with Crippen molar-refractivity contribution in [2.24, 2.45) is 0 Å². The molecule has 2 aromatic carbocycles. The molecule has 1 amide bonds. The summed E-state index contributed by atoms with van der Waals surface area (Å²) in [5.74, 6) is -0.542. The van der Waals surface area contributed by atoms with Gasteiger partial charge in [-0.2, -0.15) is 0 Å². The molecular formula is C19H22N2O3. The minimum Gasteiger partial charge on any atom is -0.325 e. The Morgan fingerprint density at radius 3 is 2.21 bits per heavy atom. The molecule has 0 aliphatic carbocycles. The third-order valence-electron chi connectivity index (χ3n) is 3.99. The van der Waals surface area contributed by atoms with Gasteiger partial charge in [-0.15, -0.1) is 0 Å². The van der Waals surface area contributed by atoms with Crippen molar-refractivity contribution in [2.45, 2.75) is 39.0 Å². The van der Waals surface area contributed by atoms with Crippen LogP contribution in [0.5, 0.6) is 0 Å². The molecule has 0 fully saturated rings. The van der Waals surface area contributed by atoms with Gasteiger partial charge in [-0.25, -0.2) is 0 Å². The molecule has 2 aromatic rings. The molecule has 0 saturated carbocycles. The van der Waals surface area contributed by atoms with Gasteiger partial charge in [0.15, 0.2) is 0 Å². The van der Waals surface area contributed by atoms with E-state index in [0.29, 0.717) is 0 Å². The molecule has 1 N–H and O–H groups in total. The molecule has 0 aliphatic rings. The summed E-state index contributed by atoms with van der Waals surface area (Å²) < 4.78 is 0. The second-order valence-corrected chi connectivity index (χ2v) is 6.86. The van der Waals surface area contributed by atoms with E-state index in [1.165, 1.54) is 12.1 Å². The van der Waals surface area contributed by atoms with Crippen LogP contribution in [0, 0.1) is 10.1 Å². The van der Waals surface area contributed by atoms with Crippen molar-refractivity contribution >= 4 is 17.3 Å². The van der Waals surface area contributed by atoms with Crippen LogP contribution in [0.4, 0.5) is 11.4 Å². The topological polar surface area (TPSA) is 72.2 Å². The highest BCUT2D eigenvalue weighted by Gasteiger charge is 2.21. The first-order valence-electron chi connectivity index (χ1n) is 7.85. The van der Waals surface area contributed by atoms with Crippen molar-refractivity contribution in [2.75, 3.05) is 5.32 Å². The molecule has 24 heavy (non-hydrogen) atoms. The first-order chi connectivity index (χ1) is 11.2. The van der Waals surface area contributed by atoms with Crippen molar-refractivity contribution in [3.05, 3.63) is 69.8 Å².